The highest BCUT2D eigenvalue weighted by atomic mass is 16.5. The molecule has 0 aliphatic heterocycles. The van der Waals surface area contributed by atoms with Crippen molar-refractivity contribution in [3.05, 3.63) is 36.5 Å². The predicted molar refractivity (Wildman–Crippen MR) is 142 cm³/mol. The van der Waals surface area contributed by atoms with Gasteiger partial charge in [-0.05, 0) is 32.1 Å². The van der Waals surface area contributed by atoms with E-state index in [0.717, 1.165) is 12.8 Å². The van der Waals surface area contributed by atoms with Crippen LogP contribution >= 0.6 is 0 Å². The Hall–Kier alpha value is -2.57. The topological polar surface area (TPSA) is 120 Å². The molecule has 1 amide bonds. The maximum absolute atomic E-state index is 12.2. The molecule has 0 aromatic carbocycles. The number of nitrogens with one attached hydrogen (secondary N) is 1. The highest BCUT2D eigenvalue weighted by Gasteiger charge is 2.20. The Morgan fingerprint density at radius 3 is 2.15 bits per heavy atom. The third kappa shape index (κ3) is 21.3. The molecule has 34 heavy (non-hydrogen) atoms. The van der Waals surface area contributed by atoms with Gasteiger partial charge in [0.15, 0.2) is 5.96 Å². The van der Waals surface area contributed by atoms with Crippen molar-refractivity contribution in [1.82, 2.24) is 5.32 Å². The molecular weight excluding hydrogens is 428 g/mol. The molecule has 1 atom stereocenters. The number of ether oxygens (including phenoxy) is 1. The Labute approximate surface area is 207 Å². The molecule has 5 N–H and O–H groups in total. The Kier molecular flexibility index (Phi) is 21.8. The molecule has 0 fully saturated rings. The van der Waals surface area contributed by atoms with Gasteiger partial charge < -0.3 is 21.5 Å². The van der Waals surface area contributed by atoms with Gasteiger partial charge in [0.2, 0.25) is 5.91 Å². The van der Waals surface area contributed by atoms with Crippen molar-refractivity contribution in [3.63, 3.8) is 0 Å². The molecule has 7 nitrogen and oxygen atoms in total. The largest absolute Gasteiger partial charge is 0.464 e. The summed E-state index contributed by atoms with van der Waals surface area (Å²) in [6.45, 7) is 4.88. The summed E-state index contributed by atoms with van der Waals surface area (Å²) in [5.41, 5.74) is 10.6. The van der Waals surface area contributed by atoms with Gasteiger partial charge in [0.25, 0.3) is 0 Å². The van der Waals surface area contributed by atoms with Crippen LogP contribution in [0.25, 0.3) is 0 Å². The number of rotatable bonds is 21. The number of unbranched alkanes of at least 4 members (excludes halogenated alkanes) is 9. The molecule has 0 aliphatic carbocycles. The van der Waals surface area contributed by atoms with E-state index in [2.05, 4.69) is 23.3 Å². The second kappa shape index (κ2) is 23.6. The number of hydrogen-bond donors (Lipinski definition) is 3. The highest BCUT2D eigenvalue weighted by Crippen LogP contribution is 2.10. The summed E-state index contributed by atoms with van der Waals surface area (Å²) in [6.07, 6.45) is 25.7. The Balaban J connectivity index is 4.15. The summed E-state index contributed by atoms with van der Waals surface area (Å²) in [7, 11) is 0. The lowest BCUT2D eigenvalue weighted by molar-refractivity contribution is -0.147. The van der Waals surface area contributed by atoms with Gasteiger partial charge in [0.05, 0.1) is 6.61 Å². The van der Waals surface area contributed by atoms with Crippen LogP contribution in [0.15, 0.2) is 41.4 Å². The first kappa shape index (κ1) is 31.4. The van der Waals surface area contributed by atoms with Gasteiger partial charge in [-0.3, -0.25) is 9.79 Å². The van der Waals surface area contributed by atoms with Gasteiger partial charge in [0.1, 0.15) is 6.04 Å². The van der Waals surface area contributed by atoms with Crippen molar-refractivity contribution in [1.29, 1.82) is 0 Å². The Morgan fingerprint density at radius 1 is 0.853 bits per heavy atom. The van der Waals surface area contributed by atoms with Gasteiger partial charge >= 0.3 is 5.97 Å². The van der Waals surface area contributed by atoms with E-state index >= 15 is 0 Å². The minimum absolute atomic E-state index is 0.00563. The fourth-order valence-corrected chi connectivity index (χ4v) is 3.29. The summed E-state index contributed by atoms with van der Waals surface area (Å²) in [5.74, 6) is -0.780. The molecule has 0 heterocycles. The molecule has 0 spiro atoms. The number of guanidine groups is 1. The average molecular weight is 477 g/mol. The lowest BCUT2D eigenvalue weighted by Gasteiger charge is -2.16. The van der Waals surface area contributed by atoms with Crippen LogP contribution in [0.2, 0.25) is 0 Å². The smallest absolute Gasteiger partial charge is 0.328 e. The number of aliphatic imine (C=N–C) groups is 1. The zero-order valence-electron chi connectivity index (χ0n) is 21.5. The number of carbonyl (C=O) groups excluding carboxylic acids is 2. The van der Waals surface area contributed by atoms with Crippen LogP contribution in [-0.4, -0.2) is 37.0 Å². The number of esters is 1. The van der Waals surface area contributed by atoms with Crippen molar-refractivity contribution in [2.45, 2.75) is 103 Å². The molecule has 194 valence electrons. The predicted octanol–water partition coefficient (Wildman–Crippen LogP) is 5.07. The van der Waals surface area contributed by atoms with E-state index in [4.69, 9.17) is 16.2 Å². The maximum Gasteiger partial charge on any atom is 0.328 e. The van der Waals surface area contributed by atoms with Crippen molar-refractivity contribution in [2.75, 3.05) is 13.2 Å². The van der Waals surface area contributed by atoms with Crippen LogP contribution in [0.1, 0.15) is 97.3 Å². The van der Waals surface area contributed by atoms with Crippen LogP contribution in [0.5, 0.6) is 0 Å². The SMILES string of the molecule is CCCCCCCCCCCC=CC=CC=CC(=O)N[C@@H](CCCN=C(N)N)C(=O)OCCC. The quantitative estimate of drug-likeness (QED) is 0.0533. The van der Waals surface area contributed by atoms with Crippen molar-refractivity contribution >= 4 is 17.8 Å². The number of amides is 1. The van der Waals surface area contributed by atoms with Gasteiger partial charge in [-0.2, -0.15) is 0 Å². The number of allylic oxidation sites excluding steroid dienone is 5. The fraction of sp³-hybridized carbons (Fsp3) is 0.667. The minimum Gasteiger partial charge on any atom is -0.464 e. The van der Waals surface area contributed by atoms with E-state index in [0.29, 0.717) is 26.0 Å². The van der Waals surface area contributed by atoms with Crippen LogP contribution in [-0.2, 0) is 14.3 Å². The molecule has 0 saturated heterocycles. The number of carbonyl (C=O) groups is 2. The van der Waals surface area contributed by atoms with Crippen molar-refractivity contribution in [3.8, 4) is 0 Å². The number of nitrogens with zero attached hydrogens (tertiary/aromatic N) is 1. The van der Waals surface area contributed by atoms with E-state index in [9.17, 15) is 9.59 Å². The van der Waals surface area contributed by atoms with E-state index in [1.807, 2.05) is 19.1 Å². The fourth-order valence-electron chi connectivity index (χ4n) is 3.29. The first-order valence-electron chi connectivity index (χ1n) is 13.0. The number of hydrogen-bond acceptors (Lipinski definition) is 4. The summed E-state index contributed by atoms with van der Waals surface area (Å²) in [4.78, 5) is 28.3. The third-order valence-corrected chi connectivity index (χ3v) is 5.19. The van der Waals surface area contributed by atoms with Crippen molar-refractivity contribution < 1.29 is 14.3 Å². The van der Waals surface area contributed by atoms with Crippen LogP contribution in [0.4, 0.5) is 0 Å². The van der Waals surface area contributed by atoms with Gasteiger partial charge in [-0.1, -0.05) is 95.6 Å². The van der Waals surface area contributed by atoms with Crippen LogP contribution in [0, 0.1) is 0 Å². The maximum atomic E-state index is 12.2. The average Bonchev–Trinajstić information content (AvgIpc) is 2.81. The van der Waals surface area contributed by atoms with Crippen molar-refractivity contribution in [2.24, 2.45) is 16.5 Å². The monoisotopic (exact) mass is 476 g/mol. The lowest BCUT2D eigenvalue weighted by Crippen LogP contribution is -2.41. The van der Waals surface area contributed by atoms with Gasteiger partial charge in [-0.15, -0.1) is 0 Å². The minimum atomic E-state index is -0.724. The second-order valence-corrected chi connectivity index (χ2v) is 8.47. The van der Waals surface area contributed by atoms with E-state index in [1.165, 1.54) is 63.9 Å². The van der Waals surface area contributed by atoms with Gasteiger partial charge in [-0.25, -0.2) is 4.79 Å². The molecule has 0 unspecified atom stereocenters. The second-order valence-electron chi connectivity index (χ2n) is 8.47. The van der Waals surface area contributed by atoms with E-state index < -0.39 is 12.0 Å². The van der Waals surface area contributed by atoms with Crippen LogP contribution < -0.4 is 16.8 Å². The molecular formula is C27H48N4O3. The molecule has 0 aromatic heterocycles. The Bertz CT molecular complexity index is 638. The van der Waals surface area contributed by atoms with E-state index in [1.54, 1.807) is 12.2 Å². The zero-order valence-corrected chi connectivity index (χ0v) is 21.5. The molecule has 0 saturated carbocycles. The number of nitrogens with two attached hydrogens (primary N) is 2. The summed E-state index contributed by atoms with van der Waals surface area (Å²) in [6, 6.07) is -0.724. The van der Waals surface area contributed by atoms with E-state index in [-0.39, 0.29) is 11.9 Å². The van der Waals surface area contributed by atoms with Crippen LogP contribution in [0.3, 0.4) is 0 Å². The zero-order chi connectivity index (χ0) is 25.3. The van der Waals surface area contributed by atoms with Gasteiger partial charge in [0, 0.05) is 12.6 Å². The molecule has 0 aromatic rings. The molecule has 7 heteroatoms. The molecule has 0 aliphatic rings. The molecule has 0 radical (unpaired) electrons. The molecule has 0 rings (SSSR count). The Morgan fingerprint density at radius 2 is 1.50 bits per heavy atom. The summed E-state index contributed by atoms with van der Waals surface area (Å²) >= 11 is 0. The standard InChI is InChI=1S/C27H48N4O3/c1-3-5-6-7-8-9-10-11-12-13-14-15-16-17-18-21-25(32)31-24(26(33)34-23-4-2)20-19-22-30-27(28)29/h14-18,21,24H,3-13,19-20,22-23H2,1-2H3,(H,31,32)(H4,28,29,30)/t24-/m0/s1. The molecule has 0 bridgehead atoms. The first-order chi connectivity index (χ1) is 16.5. The normalized spacial score (nSPS) is 12.4. The summed E-state index contributed by atoms with van der Waals surface area (Å²) in [5, 5.41) is 2.70. The third-order valence-electron chi connectivity index (χ3n) is 5.19. The highest BCUT2D eigenvalue weighted by molar-refractivity contribution is 5.91. The first-order valence-corrected chi connectivity index (χ1v) is 13.0. The lowest BCUT2D eigenvalue weighted by atomic mass is 10.1. The summed E-state index contributed by atoms with van der Waals surface area (Å²) < 4.78 is 5.18.